The van der Waals surface area contributed by atoms with Crippen LogP contribution >= 0.6 is 11.3 Å². The van der Waals surface area contributed by atoms with Gasteiger partial charge in [0.25, 0.3) is 0 Å². The van der Waals surface area contributed by atoms with E-state index in [9.17, 15) is 13.2 Å². The normalized spacial score (nSPS) is 10.9. The zero-order chi connectivity index (χ0) is 15.3. The van der Waals surface area contributed by atoms with E-state index < -0.39 is 16.2 Å². The topological polar surface area (TPSA) is 81.7 Å². The summed E-state index contributed by atoms with van der Waals surface area (Å²) in [6.07, 6.45) is 0.424. The van der Waals surface area contributed by atoms with E-state index >= 15 is 0 Å². The van der Waals surface area contributed by atoms with E-state index in [4.69, 9.17) is 8.92 Å². The minimum atomic E-state index is -3.54. The monoisotopic (exact) mass is 327 g/mol. The number of anilines is 1. The van der Waals surface area contributed by atoms with Crippen LogP contribution in [0.4, 0.5) is 9.80 Å². The molecule has 2 aromatic rings. The highest BCUT2D eigenvalue weighted by Gasteiger charge is 2.06. The second-order valence-corrected chi connectivity index (χ2v) is 6.63. The number of nitrogens with one attached hydrogen (secondary N) is 1. The summed E-state index contributed by atoms with van der Waals surface area (Å²) in [5.41, 5.74) is 0.720. The van der Waals surface area contributed by atoms with Crippen LogP contribution in [-0.2, 0) is 21.5 Å². The van der Waals surface area contributed by atoms with Gasteiger partial charge in [-0.1, -0.05) is 12.1 Å². The van der Waals surface area contributed by atoms with Crippen molar-refractivity contribution >= 4 is 32.5 Å². The smallest absolute Gasteiger partial charge is 0.412 e. The van der Waals surface area contributed by atoms with Crippen molar-refractivity contribution < 1.29 is 22.1 Å². The van der Waals surface area contributed by atoms with E-state index in [-0.39, 0.29) is 12.4 Å². The molecule has 1 N–H and O–H groups in total. The minimum Gasteiger partial charge on any atom is -0.444 e. The SMILES string of the molecule is CS(=O)(=O)Oc1ccc(COC(=O)Nc2cccs2)cc1. The maximum atomic E-state index is 11.5. The Labute approximate surface area is 126 Å². The maximum Gasteiger partial charge on any atom is 0.412 e. The van der Waals surface area contributed by atoms with Gasteiger partial charge in [0.05, 0.1) is 11.3 Å². The summed E-state index contributed by atoms with van der Waals surface area (Å²) in [5, 5.41) is 5.14. The molecule has 112 valence electrons. The Morgan fingerprint density at radius 2 is 1.95 bits per heavy atom. The van der Waals surface area contributed by atoms with Gasteiger partial charge in [-0.15, -0.1) is 11.3 Å². The van der Waals surface area contributed by atoms with Crippen molar-refractivity contribution in [3.8, 4) is 5.75 Å². The lowest BCUT2D eigenvalue weighted by atomic mass is 10.2. The number of ether oxygens (including phenoxy) is 1. The van der Waals surface area contributed by atoms with Crippen molar-refractivity contribution in [1.82, 2.24) is 0 Å². The van der Waals surface area contributed by atoms with Gasteiger partial charge in [0, 0.05) is 0 Å². The highest BCUT2D eigenvalue weighted by Crippen LogP contribution is 2.16. The zero-order valence-electron chi connectivity index (χ0n) is 11.1. The third-order valence-electron chi connectivity index (χ3n) is 2.29. The Bertz CT molecular complexity index is 693. The quantitative estimate of drug-likeness (QED) is 0.854. The number of carbonyl (C=O) groups excluding carboxylic acids is 1. The molecule has 6 nitrogen and oxygen atoms in total. The van der Waals surface area contributed by atoms with Gasteiger partial charge in [-0.2, -0.15) is 8.42 Å². The molecular formula is C13H13NO5S2. The molecule has 1 heterocycles. The Kier molecular flexibility index (Phi) is 4.81. The molecule has 0 radical (unpaired) electrons. The number of carbonyl (C=O) groups is 1. The van der Waals surface area contributed by atoms with Gasteiger partial charge < -0.3 is 8.92 Å². The van der Waals surface area contributed by atoms with Crippen LogP contribution in [0.1, 0.15) is 5.56 Å². The van der Waals surface area contributed by atoms with Crippen molar-refractivity contribution in [2.75, 3.05) is 11.6 Å². The third kappa shape index (κ3) is 5.44. The molecule has 1 aromatic heterocycles. The number of amides is 1. The largest absolute Gasteiger partial charge is 0.444 e. The van der Waals surface area contributed by atoms with Gasteiger partial charge in [0.1, 0.15) is 12.4 Å². The van der Waals surface area contributed by atoms with Crippen molar-refractivity contribution in [1.29, 1.82) is 0 Å². The highest BCUT2D eigenvalue weighted by molar-refractivity contribution is 7.86. The molecule has 8 heteroatoms. The number of hydrogen-bond donors (Lipinski definition) is 1. The van der Waals surface area contributed by atoms with Gasteiger partial charge in [0.2, 0.25) is 0 Å². The summed E-state index contributed by atoms with van der Waals surface area (Å²) in [5.74, 6) is 0.212. The summed E-state index contributed by atoms with van der Waals surface area (Å²) in [6.45, 7) is 0.0797. The summed E-state index contributed by atoms with van der Waals surface area (Å²) >= 11 is 1.39. The molecule has 0 unspecified atom stereocenters. The lowest BCUT2D eigenvalue weighted by Crippen LogP contribution is -2.12. The molecule has 0 aliphatic rings. The van der Waals surface area contributed by atoms with Crippen molar-refractivity contribution in [3.63, 3.8) is 0 Å². The van der Waals surface area contributed by atoms with Crippen LogP contribution in [0.5, 0.6) is 5.75 Å². The summed E-state index contributed by atoms with van der Waals surface area (Å²) in [6, 6.07) is 9.83. The van der Waals surface area contributed by atoms with Gasteiger partial charge >= 0.3 is 16.2 Å². The first-order chi connectivity index (χ1) is 9.92. The van der Waals surface area contributed by atoms with E-state index in [2.05, 4.69) is 5.32 Å². The first-order valence-electron chi connectivity index (χ1n) is 5.88. The highest BCUT2D eigenvalue weighted by atomic mass is 32.2. The van der Waals surface area contributed by atoms with E-state index in [1.807, 2.05) is 11.4 Å². The second-order valence-electron chi connectivity index (χ2n) is 4.11. The van der Waals surface area contributed by atoms with E-state index in [1.54, 1.807) is 18.2 Å². The summed E-state index contributed by atoms with van der Waals surface area (Å²) in [7, 11) is -3.54. The Morgan fingerprint density at radius 1 is 1.24 bits per heavy atom. The second kappa shape index (κ2) is 6.59. The average Bonchev–Trinajstić information content (AvgIpc) is 2.89. The Hall–Kier alpha value is -2.06. The molecule has 2 rings (SSSR count). The molecule has 0 aliphatic heterocycles. The van der Waals surface area contributed by atoms with Gasteiger partial charge in [0.15, 0.2) is 0 Å². The predicted molar refractivity (Wildman–Crippen MR) is 80.0 cm³/mol. The number of thiophene rings is 1. The maximum absolute atomic E-state index is 11.5. The van der Waals surface area contributed by atoms with Crippen LogP contribution in [-0.4, -0.2) is 20.8 Å². The van der Waals surface area contributed by atoms with Gasteiger partial charge in [-0.3, -0.25) is 5.32 Å². The predicted octanol–water partition coefficient (Wildman–Crippen LogP) is 2.84. The molecule has 0 saturated carbocycles. The molecule has 0 aliphatic carbocycles. The molecule has 0 spiro atoms. The van der Waals surface area contributed by atoms with Crippen molar-refractivity contribution in [3.05, 3.63) is 47.3 Å². The molecule has 0 saturated heterocycles. The molecule has 1 aromatic carbocycles. The van der Waals surface area contributed by atoms with Crippen molar-refractivity contribution in [2.45, 2.75) is 6.61 Å². The average molecular weight is 327 g/mol. The fraction of sp³-hybridized carbons (Fsp3) is 0.154. The first-order valence-corrected chi connectivity index (χ1v) is 8.58. The van der Waals surface area contributed by atoms with Gasteiger partial charge in [-0.25, -0.2) is 4.79 Å². The number of rotatable bonds is 5. The molecule has 0 fully saturated rings. The summed E-state index contributed by atoms with van der Waals surface area (Å²) in [4.78, 5) is 11.5. The molecule has 0 bridgehead atoms. The summed E-state index contributed by atoms with van der Waals surface area (Å²) < 4.78 is 31.7. The fourth-order valence-corrected chi connectivity index (χ4v) is 2.52. The molecule has 21 heavy (non-hydrogen) atoms. The first kappa shape index (κ1) is 15.3. The van der Waals surface area contributed by atoms with Crippen LogP contribution < -0.4 is 9.50 Å². The number of hydrogen-bond acceptors (Lipinski definition) is 6. The van der Waals surface area contributed by atoms with Gasteiger partial charge in [-0.05, 0) is 35.2 Å². The third-order valence-corrected chi connectivity index (χ3v) is 3.57. The van der Waals surface area contributed by atoms with E-state index in [0.717, 1.165) is 11.8 Å². The standard InChI is InChI=1S/C13H13NO5S2/c1-21(16,17)19-11-6-4-10(5-7-11)9-18-13(15)14-12-3-2-8-20-12/h2-8H,9H2,1H3,(H,14,15). The van der Waals surface area contributed by atoms with E-state index in [1.165, 1.54) is 23.5 Å². The Morgan fingerprint density at radius 3 is 2.52 bits per heavy atom. The van der Waals surface area contributed by atoms with Crippen LogP contribution in [0.25, 0.3) is 0 Å². The number of benzene rings is 1. The van der Waals surface area contributed by atoms with Crippen molar-refractivity contribution in [2.24, 2.45) is 0 Å². The zero-order valence-corrected chi connectivity index (χ0v) is 12.7. The minimum absolute atomic E-state index is 0.0797. The molecular weight excluding hydrogens is 314 g/mol. The van der Waals surface area contributed by atoms with Crippen LogP contribution in [0.2, 0.25) is 0 Å². The molecule has 1 amide bonds. The van der Waals surface area contributed by atoms with Crippen LogP contribution in [0, 0.1) is 0 Å². The van der Waals surface area contributed by atoms with Crippen LogP contribution in [0.3, 0.4) is 0 Å². The fourth-order valence-electron chi connectivity index (χ4n) is 1.45. The lowest BCUT2D eigenvalue weighted by Gasteiger charge is -2.07. The van der Waals surface area contributed by atoms with E-state index in [0.29, 0.717) is 5.00 Å². The molecule has 0 atom stereocenters. The lowest BCUT2D eigenvalue weighted by molar-refractivity contribution is 0.155. The van der Waals surface area contributed by atoms with Crippen LogP contribution in [0.15, 0.2) is 41.8 Å². The Balaban J connectivity index is 1.84.